The van der Waals surface area contributed by atoms with Crippen molar-refractivity contribution in [3.63, 3.8) is 0 Å². The predicted molar refractivity (Wildman–Crippen MR) is 90.7 cm³/mol. The summed E-state index contributed by atoms with van der Waals surface area (Å²) in [5.74, 6) is 1.61. The molecule has 0 aliphatic rings. The molecule has 0 saturated heterocycles. The Kier molecular flexibility index (Phi) is 5.37. The molecule has 0 saturated carbocycles. The Balaban J connectivity index is 2.31. The Morgan fingerprint density at radius 3 is 2.57 bits per heavy atom. The highest BCUT2D eigenvalue weighted by Crippen LogP contribution is 2.35. The summed E-state index contributed by atoms with van der Waals surface area (Å²) in [6.45, 7) is 2.06. The fourth-order valence-electron chi connectivity index (χ4n) is 2.10. The minimum atomic E-state index is 0.0322. The van der Waals surface area contributed by atoms with E-state index in [1.54, 1.807) is 14.2 Å². The van der Waals surface area contributed by atoms with Gasteiger partial charge in [0, 0.05) is 5.56 Å². The van der Waals surface area contributed by atoms with Crippen molar-refractivity contribution in [2.75, 3.05) is 19.5 Å². The topological polar surface area (TPSA) is 30.5 Å². The van der Waals surface area contributed by atoms with Crippen LogP contribution in [0.2, 0.25) is 5.02 Å². The monoisotopic (exact) mass is 369 g/mol. The lowest BCUT2D eigenvalue weighted by Crippen LogP contribution is -2.09. The smallest absolute Gasteiger partial charge is 0.124 e. The van der Waals surface area contributed by atoms with E-state index < -0.39 is 0 Å². The van der Waals surface area contributed by atoms with E-state index in [2.05, 4.69) is 28.2 Å². The maximum Gasteiger partial charge on any atom is 0.124 e. The third-order valence-electron chi connectivity index (χ3n) is 3.23. The van der Waals surface area contributed by atoms with Crippen molar-refractivity contribution in [1.82, 2.24) is 0 Å². The third-order valence-corrected chi connectivity index (χ3v) is 4.62. The van der Waals surface area contributed by atoms with Crippen LogP contribution in [0, 0.1) is 0 Å². The maximum absolute atomic E-state index is 6.12. The molecule has 1 atom stereocenters. The second-order valence-electron chi connectivity index (χ2n) is 4.58. The Morgan fingerprint density at radius 2 is 1.90 bits per heavy atom. The van der Waals surface area contributed by atoms with Gasteiger partial charge in [-0.3, -0.25) is 0 Å². The van der Waals surface area contributed by atoms with E-state index in [-0.39, 0.29) is 6.04 Å². The summed E-state index contributed by atoms with van der Waals surface area (Å²) in [5.41, 5.74) is 1.95. The van der Waals surface area contributed by atoms with Gasteiger partial charge in [0.05, 0.1) is 35.4 Å². The van der Waals surface area contributed by atoms with Crippen LogP contribution >= 0.6 is 27.5 Å². The lowest BCUT2D eigenvalue weighted by Gasteiger charge is -2.20. The molecule has 0 fully saturated rings. The summed E-state index contributed by atoms with van der Waals surface area (Å²) in [5, 5.41) is 4.10. The first-order valence-corrected chi connectivity index (χ1v) is 7.66. The molecule has 0 radical (unpaired) electrons. The fraction of sp³-hybridized carbons (Fsp3) is 0.250. The van der Waals surface area contributed by atoms with Crippen LogP contribution in [0.15, 0.2) is 40.9 Å². The average molecular weight is 371 g/mol. The molecule has 3 nitrogen and oxygen atoms in total. The molecule has 1 N–H and O–H groups in total. The zero-order valence-corrected chi connectivity index (χ0v) is 14.5. The highest BCUT2D eigenvalue weighted by molar-refractivity contribution is 9.10. The Bertz CT molecular complexity index is 634. The van der Waals surface area contributed by atoms with Gasteiger partial charge in [-0.2, -0.15) is 0 Å². The number of hydrogen-bond donors (Lipinski definition) is 1. The molecule has 5 heteroatoms. The molecule has 0 bridgehead atoms. The van der Waals surface area contributed by atoms with Gasteiger partial charge in [-0.25, -0.2) is 0 Å². The summed E-state index contributed by atoms with van der Waals surface area (Å²) < 4.78 is 11.6. The minimum absolute atomic E-state index is 0.0322. The van der Waals surface area contributed by atoms with Crippen LogP contribution in [0.5, 0.6) is 11.5 Å². The molecular weight excluding hydrogens is 354 g/mol. The number of anilines is 1. The average Bonchev–Trinajstić information content (AvgIpc) is 2.51. The van der Waals surface area contributed by atoms with Crippen molar-refractivity contribution in [1.29, 1.82) is 0 Å². The van der Waals surface area contributed by atoms with Crippen molar-refractivity contribution in [3.05, 3.63) is 51.5 Å². The van der Waals surface area contributed by atoms with Gasteiger partial charge in [0.15, 0.2) is 0 Å². The molecule has 0 spiro atoms. The molecular formula is C16H17BrClNO2. The van der Waals surface area contributed by atoms with E-state index in [0.717, 1.165) is 27.2 Å². The van der Waals surface area contributed by atoms with Gasteiger partial charge in [0.25, 0.3) is 0 Å². The highest BCUT2D eigenvalue weighted by atomic mass is 79.9. The molecule has 0 aliphatic carbocycles. The standard InChI is InChI=1S/C16H17BrClNO2/c1-10(19-14-6-4-5-13(18)16(14)17)12-9-11(20-2)7-8-15(12)21-3/h4-10,19H,1-3H3. The molecule has 2 aromatic rings. The molecule has 2 aromatic carbocycles. The summed E-state index contributed by atoms with van der Waals surface area (Å²) >= 11 is 9.61. The van der Waals surface area contributed by atoms with Crippen LogP contribution in [-0.2, 0) is 0 Å². The minimum Gasteiger partial charge on any atom is -0.497 e. The lowest BCUT2D eigenvalue weighted by molar-refractivity contribution is 0.397. The van der Waals surface area contributed by atoms with Gasteiger partial charge in [-0.15, -0.1) is 0 Å². The number of methoxy groups -OCH3 is 2. The molecule has 0 aromatic heterocycles. The summed E-state index contributed by atoms with van der Waals surface area (Å²) in [6.07, 6.45) is 0. The zero-order chi connectivity index (χ0) is 15.4. The number of ether oxygens (including phenoxy) is 2. The first-order chi connectivity index (χ1) is 10.1. The number of hydrogen-bond acceptors (Lipinski definition) is 3. The van der Waals surface area contributed by atoms with Crippen LogP contribution in [0.1, 0.15) is 18.5 Å². The molecule has 21 heavy (non-hydrogen) atoms. The van der Waals surface area contributed by atoms with Crippen molar-refractivity contribution in [2.45, 2.75) is 13.0 Å². The van der Waals surface area contributed by atoms with Crippen molar-refractivity contribution >= 4 is 33.2 Å². The second-order valence-corrected chi connectivity index (χ2v) is 5.78. The van der Waals surface area contributed by atoms with E-state index in [1.807, 2.05) is 36.4 Å². The fourth-order valence-corrected chi connectivity index (χ4v) is 2.66. The van der Waals surface area contributed by atoms with Gasteiger partial charge >= 0.3 is 0 Å². The molecule has 1 unspecified atom stereocenters. The van der Waals surface area contributed by atoms with Crippen molar-refractivity contribution in [3.8, 4) is 11.5 Å². The van der Waals surface area contributed by atoms with Gasteiger partial charge < -0.3 is 14.8 Å². The maximum atomic E-state index is 6.12. The largest absolute Gasteiger partial charge is 0.497 e. The molecule has 0 heterocycles. The van der Waals surface area contributed by atoms with Gasteiger partial charge in [0.2, 0.25) is 0 Å². The van der Waals surface area contributed by atoms with Crippen LogP contribution in [0.25, 0.3) is 0 Å². The third kappa shape index (κ3) is 3.63. The summed E-state index contributed by atoms with van der Waals surface area (Å²) in [7, 11) is 3.31. The summed E-state index contributed by atoms with van der Waals surface area (Å²) in [6, 6.07) is 11.5. The predicted octanol–water partition coefficient (Wildman–Crippen LogP) is 5.29. The van der Waals surface area contributed by atoms with Gasteiger partial charge in [0.1, 0.15) is 11.5 Å². The number of rotatable bonds is 5. The number of benzene rings is 2. The molecule has 0 amide bonds. The molecule has 2 rings (SSSR count). The van der Waals surface area contributed by atoms with Crippen LogP contribution in [-0.4, -0.2) is 14.2 Å². The Hall–Kier alpha value is -1.39. The second kappa shape index (κ2) is 7.05. The van der Waals surface area contributed by atoms with Crippen molar-refractivity contribution < 1.29 is 9.47 Å². The van der Waals surface area contributed by atoms with Gasteiger partial charge in [-0.1, -0.05) is 17.7 Å². The van der Waals surface area contributed by atoms with Gasteiger partial charge in [-0.05, 0) is 53.2 Å². The quantitative estimate of drug-likeness (QED) is 0.775. The van der Waals surface area contributed by atoms with E-state index in [1.165, 1.54) is 0 Å². The van der Waals surface area contributed by atoms with Crippen LogP contribution in [0.3, 0.4) is 0 Å². The number of halogens is 2. The normalized spacial score (nSPS) is 11.9. The first kappa shape index (κ1) is 16.0. The van der Waals surface area contributed by atoms with E-state index in [4.69, 9.17) is 21.1 Å². The summed E-state index contributed by atoms with van der Waals surface area (Å²) in [4.78, 5) is 0. The van der Waals surface area contributed by atoms with E-state index >= 15 is 0 Å². The Morgan fingerprint density at radius 1 is 1.14 bits per heavy atom. The van der Waals surface area contributed by atoms with E-state index in [9.17, 15) is 0 Å². The molecule has 112 valence electrons. The first-order valence-electron chi connectivity index (χ1n) is 6.49. The van der Waals surface area contributed by atoms with Crippen LogP contribution < -0.4 is 14.8 Å². The molecule has 0 aliphatic heterocycles. The zero-order valence-electron chi connectivity index (χ0n) is 12.1. The van der Waals surface area contributed by atoms with Crippen LogP contribution in [0.4, 0.5) is 5.69 Å². The van der Waals surface area contributed by atoms with Crippen molar-refractivity contribution in [2.24, 2.45) is 0 Å². The lowest BCUT2D eigenvalue weighted by atomic mass is 10.1. The number of nitrogens with one attached hydrogen (secondary N) is 1. The highest BCUT2D eigenvalue weighted by Gasteiger charge is 2.14. The Labute approximate surface area is 138 Å². The SMILES string of the molecule is COc1ccc(OC)c(C(C)Nc2cccc(Cl)c2Br)c1. The van der Waals surface area contributed by atoms with E-state index in [0.29, 0.717) is 5.02 Å².